The largest absolute Gasteiger partial charge is 0.389 e. The van der Waals surface area contributed by atoms with Crippen LogP contribution in [0.3, 0.4) is 0 Å². The van der Waals surface area contributed by atoms with Gasteiger partial charge in [-0.2, -0.15) is 27.1 Å². The van der Waals surface area contributed by atoms with Gasteiger partial charge in [0.25, 0.3) is 11.8 Å². The maximum atomic E-state index is 13.9. The van der Waals surface area contributed by atoms with E-state index in [1.165, 1.54) is 28.9 Å². The summed E-state index contributed by atoms with van der Waals surface area (Å²) in [6.07, 6.45) is -6.78. The van der Waals surface area contributed by atoms with E-state index in [0.717, 1.165) is 12.3 Å². The summed E-state index contributed by atoms with van der Waals surface area (Å²) >= 11 is 0. The van der Waals surface area contributed by atoms with Crippen LogP contribution in [-0.4, -0.2) is 48.6 Å². The van der Waals surface area contributed by atoms with E-state index >= 15 is 0 Å². The number of hydrogen-bond donors (Lipinski definition) is 3. The van der Waals surface area contributed by atoms with Crippen LogP contribution in [0.5, 0.6) is 0 Å². The zero-order valence-electron chi connectivity index (χ0n) is 22.1. The van der Waals surface area contributed by atoms with E-state index in [-0.39, 0.29) is 35.4 Å². The number of imidazole rings is 1. The van der Waals surface area contributed by atoms with Crippen LogP contribution >= 0.6 is 0 Å². The minimum atomic E-state index is -4.55. The lowest BCUT2D eigenvalue weighted by molar-refractivity contribution is -0.145. The van der Waals surface area contributed by atoms with Gasteiger partial charge in [-0.05, 0) is 37.0 Å². The third-order valence-electron chi connectivity index (χ3n) is 6.88. The first kappa shape index (κ1) is 31.1. The lowest BCUT2D eigenvalue weighted by Gasteiger charge is -2.33. The Morgan fingerprint density at radius 3 is 2.45 bits per heavy atom. The predicted octanol–water partition coefficient (Wildman–Crippen LogP) is 4.98. The molecule has 2 atom stereocenters. The van der Waals surface area contributed by atoms with E-state index in [2.05, 4.69) is 20.4 Å². The second kappa shape index (κ2) is 11.8. The first-order valence-electron chi connectivity index (χ1n) is 12.9. The number of hydrogen-bond acceptors (Lipinski definition) is 6. The standard InChI is InChI=1S/C26H27F7N6O3/c1-24(27,28)18-4-2-3-16(35-18)23(42)38-21(14-5-8-25(29,30)9-6-14)17-13-39-19(36-17)11-15(12-34-39)22(41)37-20(40)7-10-26(31,32)33/h2-4,11-14,21-22,41H,5-10H2,1H3,(H,37,40)(H,38,42)/t21-,22+/m0/s1. The second-order valence-corrected chi connectivity index (χ2v) is 10.3. The summed E-state index contributed by atoms with van der Waals surface area (Å²) in [6, 6.07) is 3.90. The molecule has 16 heteroatoms. The lowest BCUT2D eigenvalue weighted by Crippen LogP contribution is -2.37. The van der Waals surface area contributed by atoms with Crippen molar-refractivity contribution in [3.8, 4) is 0 Å². The molecule has 3 heterocycles. The fraction of sp³-hybridized carbons (Fsp3) is 0.500. The Morgan fingerprint density at radius 1 is 1.12 bits per heavy atom. The summed E-state index contributed by atoms with van der Waals surface area (Å²) in [5.41, 5.74) is -0.633. The van der Waals surface area contributed by atoms with Gasteiger partial charge in [-0.3, -0.25) is 9.59 Å². The van der Waals surface area contributed by atoms with Gasteiger partial charge in [-0.25, -0.2) is 23.3 Å². The molecule has 228 valence electrons. The Hall–Kier alpha value is -3.82. The number of carbonyl (C=O) groups is 2. The number of rotatable bonds is 9. The number of fused-ring (bicyclic) bond motifs is 1. The number of aliphatic hydroxyl groups is 1. The molecule has 0 radical (unpaired) electrons. The molecule has 3 N–H and O–H groups in total. The Bertz CT molecular complexity index is 1430. The van der Waals surface area contributed by atoms with Crippen molar-refractivity contribution in [3.63, 3.8) is 0 Å². The van der Waals surface area contributed by atoms with Crippen molar-refractivity contribution in [2.45, 2.75) is 75.7 Å². The number of carbonyl (C=O) groups excluding carboxylic acids is 2. The molecule has 9 nitrogen and oxygen atoms in total. The van der Waals surface area contributed by atoms with Crippen LogP contribution in [0.2, 0.25) is 0 Å². The molecule has 1 aliphatic carbocycles. The molecule has 0 aromatic carbocycles. The molecule has 1 fully saturated rings. The lowest BCUT2D eigenvalue weighted by atomic mass is 9.81. The van der Waals surface area contributed by atoms with Crippen molar-refractivity contribution < 1.29 is 45.4 Å². The first-order chi connectivity index (χ1) is 19.5. The zero-order chi connectivity index (χ0) is 30.9. The van der Waals surface area contributed by atoms with Crippen molar-refractivity contribution in [2.24, 2.45) is 5.92 Å². The van der Waals surface area contributed by atoms with Crippen molar-refractivity contribution in [3.05, 3.63) is 59.3 Å². The van der Waals surface area contributed by atoms with Crippen LogP contribution < -0.4 is 10.6 Å². The van der Waals surface area contributed by atoms with Gasteiger partial charge < -0.3 is 15.7 Å². The van der Waals surface area contributed by atoms with Gasteiger partial charge in [0.05, 0.1) is 30.6 Å². The van der Waals surface area contributed by atoms with Gasteiger partial charge in [0, 0.05) is 31.7 Å². The minimum Gasteiger partial charge on any atom is -0.369 e. The predicted molar refractivity (Wildman–Crippen MR) is 132 cm³/mol. The summed E-state index contributed by atoms with van der Waals surface area (Å²) in [5, 5.41) is 19.1. The number of aliphatic hydroxyl groups excluding tert-OH is 1. The highest BCUT2D eigenvalue weighted by Gasteiger charge is 2.39. The van der Waals surface area contributed by atoms with E-state index in [1.54, 1.807) is 0 Å². The molecule has 0 unspecified atom stereocenters. The molecule has 0 aliphatic heterocycles. The van der Waals surface area contributed by atoms with Gasteiger partial charge in [0.2, 0.25) is 11.8 Å². The monoisotopic (exact) mass is 604 g/mol. The van der Waals surface area contributed by atoms with Gasteiger partial charge in [-0.15, -0.1) is 0 Å². The molecule has 4 rings (SSSR count). The highest BCUT2D eigenvalue weighted by Crippen LogP contribution is 2.41. The molecule has 42 heavy (non-hydrogen) atoms. The van der Waals surface area contributed by atoms with Gasteiger partial charge in [0.1, 0.15) is 11.4 Å². The van der Waals surface area contributed by atoms with Crippen molar-refractivity contribution in [2.75, 3.05) is 0 Å². The van der Waals surface area contributed by atoms with Crippen LogP contribution in [-0.2, 0) is 10.7 Å². The number of nitrogens with one attached hydrogen (secondary N) is 2. The fourth-order valence-corrected chi connectivity index (χ4v) is 4.62. The molecule has 0 spiro atoms. The number of pyridine rings is 1. The fourth-order valence-electron chi connectivity index (χ4n) is 4.62. The summed E-state index contributed by atoms with van der Waals surface area (Å²) < 4.78 is 93.7. The van der Waals surface area contributed by atoms with Gasteiger partial charge in [-0.1, -0.05) is 6.07 Å². The smallest absolute Gasteiger partial charge is 0.369 e. The maximum absolute atomic E-state index is 13.9. The molecule has 3 aromatic rings. The molecule has 0 saturated heterocycles. The third-order valence-corrected chi connectivity index (χ3v) is 6.88. The van der Waals surface area contributed by atoms with Crippen molar-refractivity contribution in [1.29, 1.82) is 0 Å². The molecule has 0 bridgehead atoms. The SMILES string of the molecule is CC(F)(F)c1cccc(C(=O)N[C@H](c2cn3ncc([C@@H](O)NC(=O)CCC(F)(F)F)cc3n2)C2CCC(F)(F)CC2)n1. The maximum Gasteiger partial charge on any atom is 0.389 e. The van der Waals surface area contributed by atoms with Crippen LogP contribution in [0.25, 0.3) is 5.65 Å². The minimum absolute atomic E-state index is 0.000545. The Morgan fingerprint density at radius 2 is 1.81 bits per heavy atom. The van der Waals surface area contributed by atoms with Crippen LogP contribution in [0.4, 0.5) is 30.7 Å². The number of alkyl halides is 7. The number of amides is 2. The van der Waals surface area contributed by atoms with Gasteiger partial charge >= 0.3 is 6.18 Å². The van der Waals surface area contributed by atoms with Crippen LogP contribution in [0, 0.1) is 5.92 Å². The third kappa shape index (κ3) is 7.92. The average Bonchev–Trinajstić information content (AvgIpc) is 3.33. The van der Waals surface area contributed by atoms with Crippen molar-refractivity contribution >= 4 is 17.5 Å². The molecular formula is C26H27F7N6O3. The second-order valence-electron chi connectivity index (χ2n) is 10.3. The molecule has 2 amide bonds. The summed E-state index contributed by atoms with van der Waals surface area (Å²) in [6.45, 7) is 0.630. The Kier molecular flexibility index (Phi) is 8.76. The van der Waals surface area contributed by atoms with E-state index in [1.807, 2.05) is 5.32 Å². The van der Waals surface area contributed by atoms with E-state index in [0.29, 0.717) is 6.92 Å². The molecule has 1 saturated carbocycles. The number of aromatic nitrogens is 4. The van der Waals surface area contributed by atoms with E-state index in [4.69, 9.17) is 0 Å². The van der Waals surface area contributed by atoms with Gasteiger partial charge in [0.15, 0.2) is 11.9 Å². The average molecular weight is 605 g/mol. The van der Waals surface area contributed by atoms with E-state index in [9.17, 15) is 45.4 Å². The Balaban J connectivity index is 1.58. The summed E-state index contributed by atoms with van der Waals surface area (Å²) in [4.78, 5) is 33.0. The van der Waals surface area contributed by atoms with Crippen molar-refractivity contribution in [1.82, 2.24) is 30.2 Å². The molecule has 3 aromatic heterocycles. The zero-order valence-corrected chi connectivity index (χ0v) is 22.1. The Labute approximate surface area is 234 Å². The van der Waals surface area contributed by atoms with Crippen LogP contribution in [0.1, 0.15) is 85.2 Å². The van der Waals surface area contributed by atoms with Crippen LogP contribution in [0.15, 0.2) is 36.7 Å². The normalized spacial score (nSPS) is 17.5. The summed E-state index contributed by atoms with van der Waals surface area (Å²) in [5.74, 6) is -8.56. The molecule has 1 aliphatic rings. The quantitative estimate of drug-likeness (QED) is 0.234. The molecular weight excluding hydrogens is 577 g/mol. The number of halogens is 7. The van der Waals surface area contributed by atoms with E-state index < -0.39 is 79.4 Å². The number of nitrogens with zero attached hydrogens (tertiary/aromatic N) is 4. The highest BCUT2D eigenvalue weighted by molar-refractivity contribution is 5.92. The first-order valence-corrected chi connectivity index (χ1v) is 12.9. The summed E-state index contributed by atoms with van der Waals surface area (Å²) in [7, 11) is 0. The topological polar surface area (TPSA) is 122 Å². The highest BCUT2D eigenvalue weighted by atomic mass is 19.4.